The molecular formula is C6H6O2. The van der Waals surface area contributed by atoms with Crippen molar-refractivity contribution < 1.29 is 9.59 Å². The standard InChI is InChI=1S/C6H6O2/c1-3-4-6(8)5(2)7/h1H,4H2,2H3. The van der Waals surface area contributed by atoms with Gasteiger partial charge in [0.15, 0.2) is 5.78 Å². The van der Waals surface area contributed by atoms with Gasteiger partial charge in [-0.3, -0.25) is 9.59 Å². The van der Waals surface area contributed by atoms with Crippen LogP contribution in [0.4, 0.5) is 0 Å². The first-order valence-electron chi connectivity index (χ1n) is 2.15. The first-order chi connectivity index (χ1) is 3.68. The Morgan fingerprint density at radius 1 is 1.62 bits per heavy atom. The molecule has 8 heavy (non-hydrogen) atoms. The second-order valence-electron chi connectivity index (χ2n) is 1.36. The van der Waals surface area contributed by atoms with E-state index < -0.39 is 11.6 Å². The quantitative estimate of drug-likeness (QED) is 0.375. The minimum atomic E-state index is -0.493. The Hall–Kier alpha value is -1.10. The van der Waals surface area contributed by atoms with Crippen molar-refractivity contribution in [2.45, 2.75) is 13.3 Å². The highest BCUT2D eigenvalue weighted by Crippen LogP contribution is 1.79. The van der Waals surface area contributed by atoms with Crippen LogP contribution in [0.1, 0.15) is 13.3 Å². The maximum atomic E-state index is 10.3. The van der Waals surface area contributed by atoms with Crippen molar-refractivity contribution in [3.8, 4) is 12.3 Å². The first kappa shape index (κ1) is 6.90. The lowest BCUT2D eigenvalue weighted by Crippen LogP contribution is -2.06. The van der Waals surface area contributed by atoms with Crippen LogP contribution in [0.3, 0.4) is 0 Å². The van der Waals surface area contributed by atoms with Gasteiger partial charge in [-0.05, 0) is 0 Å². The van der Waals surface area contributed by atoms with Crippen molar-refractivity contribution in [1.82, 2.24) is 0 Å². The monoisotopic (exact) mass is 110 g/mol. The molecule has 0 aliphatic rings. The Kier molecular flexibility index (Phi) is 2.57. The molecule has 0 N–H and O–H groups in total. The number of carbonyl (C=O) groups excluding carboxylic acids is 2. The summed E-state index contributed by atoms with van der Waals surface area (Å²) in [5.41, 5.74) is 0. The Morgan fingerprint density at radius 3 is 2.25 bits per heavy atom. The molecule has 0 radical (unpaired) electrons. The molecule has 2 heteroatoms. The van der Waals surface area contributed by atoms with Gasteiger partial charge in [0.2, 0.25) is 5.78 Å². The topological polar surface area (TPSA) is 34.1 Å². The zero-order chi connectivity index (χ0) is 6.57. The van der Waals surface area contributed by atoms with Crippen LogP contribution in [0, 0.1) is 12.3 Å². The number of hydrogen-bond donors (Lipinski definition) is 0. The van der Waals surface area contributed by atoms with Gasteiger partial charge < -0.3 is 0 Å². The average molecular weight is 110 g/mol. The van der Waals surface area contributed by atoms with Gasteiger partial charge in [-0.2, -0.15) is 0 Å². The van der Waals surface area contributed by atoms with Gasteiger partial charge >= 0.3 is 0 Å². The summed E-state index contributed by atoms with van der Waals surface area (Å²) < 4.78 is 0. The second kappa shape index (κ2) is 2.98. The number of rotatable bonds is 2. The van der Waals surface area contributed by atoms with E-state index in [2.05, 4.69) is 5.92 Å². The third-order valence-electron chi connectivity index (χ3n) is 0.655. The molecule has 0 heterocycles. The van der Waals surface area contributed by atoms with Crippen LogP contribution in [0.25, 0.3) is 0 Å². The molecule has 0 bridgehead atoms. The SMILES string of the molecule is C#CCC(=O)C(C)=O. The Bertz CT molecular complexity index is 150. The predicted molar refractivity (Wildman–Crippen MR) is 29.1 cm³/mol. The number of carbonyl (C=O) groups is 2. The molecule has 2 nitrogen and oxygen atoms in total. The second-order valence-corrected chi connectivity index (χ2v) is 1.36. The molecule has 0 rings (SSSR count). The first-order valence-corrected chi connectivity index (χ1v) is 2.15. The van der Waals surface area contributed by atoms with Gasteiger partial charge in [0.05, 0.1) is 6.42 Å². The summed E-state index contributed by atoms with van der Waals surface area (Å²) in [6, 6.07) is 0. The van der Waals surface area contributed by atoms with Crippen molar-refractivity contribution in [2.75, 3.05) is 0 Å². The van der Waals surface area contributed by atoms with Gasteiger partial charge in [-0.15, -0.1) is 6.42 Å². The van der Waals surface area contributed by atoms with Gasteiger partial charge in [0, 0.05) is 6.92 Å². The fourth-order valence-corrected chi connectivity index (χ4v) is 0.217. The molecule has 0 saturated carbocycles. The molecular weight excluding hydrogens is 104 g/mol. The molecule has 0 atom stereocenters. The van der Waals surface area contributed by atoms with E-state index in [0.717, 1.165) is 0 Å². The van der Waals surface area contributed by atoms with E-state index in [1.807, 2.05) is 0 Å². The summed E-state index contributed by atoms with van der Waals surface area (Å²) in [6.07, 6.45) is 4.67. The maximum Gasteiger partial charge on any atom is 0.209 e. The zero-order valence-corrected chi connectivity index (χ0v) is 4.60. The zero-order valence-electron chi connectivity index (χ0n) is 4.60. The summed E-state index contributed by atoms with van der Waals surface area (Å²) >= 11 is 0. The Balaban J connectivity index is 3.71. The number of Topliss-reactive ketones (excluding diaryl/α,β-unsaturated/α-hetero) is 2. The highest BCUT2D eigenvalue weighted by Gasteiger charge is 2.02. The normalized spacial score (nSPS) is 7.50. The summed E-state index contributed by atoms with van der Waals surface area (Å²) in [6.45, 7) is 1.21. The van der Waals surface area contributed by atoms with Crippen LogP contribution in [0.5, 0.6) is 0 Å². The smallest absolute Gasteiger partial charge is 0.209 e. The lowest BCUT2D eigenvalue weighted by molar-refractivity contribution is -0.134. The summed E-state index contributed by atoms with van der Waals surface area (Å²) in [5.74, 6) is 1.12. The molecule has 0 aromatic rings. The molecule has 0 amide bonds. The molecule has 0 fully saturated rings. The number of hydrogen-bond acceptors (Lipinski definition) is 2. The Morgan fingerprint density at radius 2 is 2.12 bits per heavy atom. The molecule has 0 aromatic heterocycles. The van der Waals surface area contributed by atoms with E-state index in [4.69, 9.17) is 6.42 Å². The van der Waals surface area contributed by atoms with Crippen molar-refractivity contribution >= 4 is 11.6 Å². The van der Waals surface area contributed by atoms with Crippen molar-refractivity contribution in [2.24, 2.45) is 0 Å². The molecule has 0 unspecified atom stereocenters. The lowest BCUT2D eigenvalue weighted by atomic mass is 10.2. The van der Waals surface area contributed by atoms with Crippen molar-refractivity contribution in [3.63, 3.8) is 0 Å². The van der Waals surface area contributed by atoms with Crippen molar-refractivity contribution in [1.29, 1.82) is 0 Å². The minimum Gasteiger partial charge on any atom is -0.291 e. The van der Waals surface area contributed by atoms with E-state index in [1.165, 1.54) is 6.92 Å². The van der Waals surface area contributed by atoms with E-state index in [1.54, 1.807) is 0 Å². The average Bonchev–Trinajstić information content (AvgIpc) is 1.67. The molecule has 0 saturated heterocycles. The van der Waals surface area contributed by atoms with E-state index in [9.17, 15) is 9.59 Å². The summed E-state index contributed by atoms with van der Waals surface area (Å²) in [4.78, 5) is 20.3. The van der Waals surface area contributed by atoms with Gasteiger partial charge in [-0.25, -0.2) is 0 Å². The molecule has 0 aliphatic carbocycles. The molecule has 0 aliphatic heterocycles. The van der Waals surface area contributed by atoms with E-state index >= 15 is 0 Å². The summed E-state index contributed by atoms with van der Waals surface area (Å²) in [7, 11) is 0. The van der Waals surface area contributed by atoms with E-state index in [0.29, 0.717) is 0 Å². The largest absolute Gasteiger partial charge is 0.291 e. The fraction of sp³-hybridized carbons (Fsp3) is 0.333. The highest BCUT2D eigenvalue weighted by molar-refractivity contribution is 6.36. The number of terminal acetylenes is 1. The van der Waals surface area contributed by atoms with Crippen LogP contribution in [-0.4, -0.2) is 11.6 Å². The molecule has 42 valence electrons. The van der Waals surface area contributed by atoms with Crippen LogP contribution in [0.15, 0.2) is 0 Å². The van der Waals surface area contributed by atoms with Gasteiger partial charge in [0.25, 0.3) is 0 Å². The van der Waals surface area contributed by atoms with Crippen LogP contribution in [-0.2, 0) is 9.59 Å². The van der Waals surface area contributed by atoms with Gasteiger partial charge in [0.1, 0.15) is 0 Å². The third kappa shape index (κ3) is 2.14. The molecule has 0 aromatic carbocycles. The lowest BCUT2D eigenvalue weighted by Gasteiger charge is -1.81. The maximum absolute atomic E-state index is 10.3. The predicted octanol–water partition coefficient (Wildman–Crippen LogP) is 0.168. The van der Waals surface area contributed by atoms with Crippen LogP contribution >= 0.6 is 0 Å². The van der Waals surface area contributed by atoms with E-state index in [-0.39, 0.29) is 6.42 Å². The minimum absolute atomic E-state index is 0.0741. The van der Waals surface area contributed by atoms with Crippen LogP contribution < -0.4 is 0 Å². The van der Waals surface area contributed by atoms with Crippen molar-refractivity contribution in [3.05, 3.63) is 0 Å². The Labute approximate surface area is 47.9 Å². The third-order valence-corrected chi connectivity index (χ3v) is 0.655. The number of ketones is 2. The van der Waals surface area contributed by atoms with Gasteiger partial charge in [-0.1, -0.05) is 5.92 Å². The molecule has 0 spiro atoms. The highest BCUT2D eigenvalue weighted by atomic mass is 16.2. The fourth-order valence-electron chi connectivity index (χ4n) is 0.217. The summed E-state index contributed by atoms with van der Waals surface area (Å²) in [5, 5.41) is 0. The van der Waals surface area contributed by atoms with Crippen LogP contribution in [0.2, 0.25) is 0 Å².